The summed E-state index contributed by atoms with van der Waals surface area (Å²) in [5.41, 5.74) is 0. The van der Waals surface area contributed by atoms with Crippen molar-refractivity contribution in [1.29, 1.82) is 0 Å². The highest BCUT2D eigenvalue weighted by atomic mass is 32.2. The van der Waals surface area contributed by atoms with Crippen LogP contribution >= 0.6 is 0 Å². The standard InChI is InChI=1S/C5H12N2O3S/c1-4(2)3-7-5(8)11(6,9)10/h4H,3H2,1-2H3,(H,7,8)(H2,6,9,10). The first kappa shape index (κ1) is 10.4. The summed E-state index contributed by atoms with van der Waals surface area (Å²) in [5, 5.41) is 5.58. The number of sulfonamides is 1. The zero-order valence-corrected chi connectivity index (χ0v) is 7.31. The van der Waals surface area contributed by atoms with E-state index >= 15 is 0 Å². The van der Waals surface area contributed by atoms with Crippen LogP contribution in [0.4, 0.5) is 4.79 Å². The van der Waals surface area contributed by atoms with Gasteiger partial charge in [0.25, 0.3) is 10.0 Å². The quantitative estimate of drug-likeness (QED) is 0.608. The van der Waals surface area contributed by atoms with Gasteiger partial charge >= 0.3 is 5.24 Å². The second-order valence-corrected chi connectivity index (χ2v) is 4.07. The fraction of sp³-hybridized carbons (Fsp3) is 0.800. The first-order valence-electron chi connectivity index (χ1n) is 3.14. The average Bonchev–Trinajstić information content (AvgIpc) is 1.80. The van der Waals surface area contributed by atoms with E-state index in [2.05, 4.69) is 10.5 Å². The van der Waals surface area contributed by atoms with Crippen molar-refractivity contribution >= 4 is 15.3 Å². The molecule has 0 aliphatic heterocycles. The molecule has 0 saturated heterocycles. The van der Waals surface area contributed by atoms with Crippen LogP contribution in [0.25, 0.3) is 0 Å². The minimum absolute atomic E-state index is 0.209. The van der Waals surface area contributed by atoms with E-state index in [0.717, 1.165) is 0 Å². The van der Waals surface area contributed by atoms with Crippen molar-refractivity contribution in [2.45, 2.75) is 13.8 Å². The second kappa shape index (κ2) is 3.68. The number of nitrogens with one attached hydrogen (secondary N) is 1. The van der Waals surface area contributed by atoms with Crippen LogP contribution in [0.3, 0.4) is 0 Å². The predicted molar refractivity (Wildman–Crippen MR) is 41.3 cm³/mol. The molecule has 66 valence electrons. The molecule has 0 fully saturated rings. The molecular formula is C5H12N2O3S. The molecule has 1 amide bonds. The Hall–Kier alpha value is -0.620. The Balaban J connectivity index is 3.92. The van der Waals surface area contributed by atoms with Crippen molar-refractivity contribution in [3.05, 3.63) is 0 Å². The first-order valence-corrected chi connectivity index (χ1v) is 4.69. The van der Waals surface area contributed by atoms with E-state index in [4.69, 9.17) is 0 Å². The summed E-state index contributed by atoms with van der Waals surface area (Å²) in [6.07, 6.45) is 0. The molecule has 3 N–H and O–H groups in total. The van der Waals surface area contributed by atoms with Crippen molar-refractivity contribution in [1.82, 2.24) is 5.32 Å². The van der Waals surface area contributed by atoms with Gasteiger partial charge in [-0.2, -0.15) is 0 Å². The Bertz CT molecular complexity index is 232. The molecule has 0 rings (SSSR count). The zero-order valence-electron chi connectivity index (χ0n) is 6.49. The van der Waals surface area contributed by atoms with Gasteiger partial charge in [-0.3, -0.25) is 4.79 Å². The van der Waals surface area contributed by atoms with Gasteiger partial charge in [-0.1, -0.05) is 13.8 Å². The van der Waals surface area contributed by atoms with Crippen LogP contribution in [0.2, 0.25) is 0 Å². The van der Waals surface area contributed by atoms with Gasteiger partial charge in [0.1, 0.15) is 0 Å². The Morgan fingerprint density at radius 2 is 2.00 bits per heavy atom. The summed E-state index contributed by atoms with van der Waals surface area (Å²) in [6, 6.07) is 0. The summed E-state index contributed by atoms with van der Waals surface area (Å²) < 4.78 is 20.6. The number of carbonyl (C=O) groups excluding carboxylic acids is 1. The SMILES string of the molecule is CC(C)CNC(=O)S(N)(=O)=O. The molecule has 11 heavy (non-hydrogen) atoms. The molecule has 0 saturated carbocycles. The van der Waals surface area contributed by atoms with Crippen molar-refractivity contribution in [2.75, 3.05) is 6.54 Å². The molecule has 0 atom stereocenters. The van der Waals surface area contributed by atoms with Crippen molar-refractivity contribution in [3.8, 4) is 0 Å². The molecule has 0 aromatic rings. The number of amides is 1. The maximum absolute atomic E-state index is 10.5. The Kier molecular flexibility index (Phi) is 3.47. The lowest BCUT2D eigenvalue weighted by molar-refractivity contribution is 0.257. The van der Waals surface area contributed by atoms with E-state index in [1.54, 1.807) is 0 Å². The van der Waals surface area contributed by atoms with Crippen LogP contribution in [0.5, 0.6) is 0 Å². The molecular weight excluding hydrogens is 168 g/mol. The highest BCUT2D eigenvalue weighted by molar-refractivity contribution is 8.04. The Morgan fingerprint density at radius 3 is 2.27 bits per heavy atom. The van der Waals surface area contributed by atoms with Crippen molar-refractivity contribution in [3.63, 3.8) is 0 Å². The fourth-order valence-corrected chi connectivity index (χ4v) is 0.673. The van der Waals surface area contributed by atoms with Crippen LogP contribution in [0.15, 0.2) is 0 Å². The van der Waals surface area contributed by atoms with Crippen LogP contribution in [0.1, 0.15) is 13.8 Å². The summed E-state index contributed by atoms with van der Waals surface area (Å²) in [4.78, 5) is 10.5. The van der Waals surface area contributed by atoms with Crippen LogP contribution in [-0.4, -0.2) is 20.2 Å². The lowest BCUT2D eigenvalue weighted by atomic mass is 10.2. The number of hydrogen-bond acceptors (Lipinski definition) is 3. The van der Waals surface area contributed by atoms with Crippen LogP contribution in [0, 0.1) is 5.92 Å². The predicted octanol–water partition coefficient (Wildman–Crippen LogP) is -0.359. The minimum Gasteiger partial charge on any atom is -0.341 e. The van der Waals surface area contributed by atoms with Gasteiger partial charge in [-0.25, -0.2) is 13.6 Å². The molecule has 0 aromatic heterocycles. The lowest BCUT2D eigenvalue weighted by Crippen LogP contribution is -2.36. The maximum Gasteiger partial charge on any atom is 0.351 e. The molecule has 0 aromatic carbocycles. The molecule has 0 unspecified atom stereocenters. The topological polar surface area (TPSA) is 89.3 Å². The Labute approximate surface area is 66.0 Å². The van der Waals surface area contributed by atoms with Gasteiger partial charge < -0.3 is 5.32 Å². The molecule has 0 radical (unpaired) electrons. The number of hydrogen-bond donors (Lipinski definition) is 2. The third kappa shape index (κ3) is 4.74. The molecule has 0 aliphatic carbocycles. The van der Waals surface area contributed by atoms with Crippen molar-refractivity contribution < 1.29 is 13.2 Å². The van der Waals surface area contributed by atoms with Gasteiger partial charge in [0.05, 0.1) is 0 Å². The highest BCUT2D eigenvalue weighted by Crippen LogP contribution is 1.88. The summed E-state index contributed by atoms with van der Waals surface area (Å²) >= 11 is 0. The van der Waals surface area contributed by atoms with E-state index in [1.165, 1.54) is 0 Å². The molecule has 0 aliphatic rings. The largest absolute Gasteiger partial charge is 0.351 e. The number of carbonyl (C=O) groups is 1. The van der Waals surface area contributed by atoms with Crippen LogP contribution < -0.4 is 10.5 Å². The Morgan fingerprint density at radius 1 is 1.55 bits per heavy atom. The van der Waals surface area contributed by atoms with Crippen LogP contribution in [-0.2, 0) is 10.0 Å². The maximum atomic E-state index is 10.5. The minimum atomic E-state index is -4.05. The average molecular weight is 180 g/mol. The molecule has 0 heterocycles. The zero-order chi connectivity index (χ0) is 9.07. The smallest absolute Gasteiger partial charge is 0.341 e. The third-order valence-corrected chi connectivity index (χ3v) is 1.57. The molecule has 0 spiro atoms. The van der Waals surface area contributed by atoms with Gasteiger partial charge in [-0.15, -0.1) is 0 Å². The summed E-state index contributed by atoms with van der Waals surface area (Å²) in [6.45, 7) is 4.02. The van der Waals surface area contributed by atoms with E-state index in [0.29, 0.717) is 6.54 Å². The fourth-order valence-electron chi connectivity index (χ4n) is 0.388. The van der Waals surface area contributed by atoms with E-state index < -0.39 is 15.3 Å². The molecule has 0 bridgehead atoms. The van der Waals surface area contributed by atoms with E-state index in [-0.39, 0.29) is 5.92 Å². The molecule has 6 heteroatoms. The normalized spacial score (nSPS) is 11.6. The highest BCUT2D eigenvalue weighted by Gasteiger charge is 2.15. The van der Waals surface area contributed by atoms with Crippen molar-refractivity contribution in [2.24, 2.45) is 11.1 Å². The monoisotopic (exact) mass is 180 g/mol. The van der Waals surface area contributed by atoms with Gasteiger partial charge in [0, 0.05) is 6.54 Å². The molecule has 5 nitrogen and oxygen atoms in total. The number of rotatable bonds is 2. The van der Waals surface area contributed by atoms with Gasteiger partial charge in [-0.05, 0) is 5.92 Å². The van der Waals surface area contributed by atoms with E-state index in [1.807, 2.05) is 13.8 Å². The number of primary sulfonamides is 1. The van der Waals surface area contributed by atoms with Gasteiger partial charge in [0.2, 0.25) is 0 Å². The first-order chi connectivity index (χ1) is 4.84. The lowest BCUT2D eigenvalue weighted by Gasteiger charge is -2.04. The summed E-state index contributed by atoms with van der Waals surface area (Å²) in [5.74, 6) is 0.209. The van der Waals surface area contributed by atoms with Gasteiger partial charge in [0.15, 0.2) is 0 Å². The summed E-state index contributed by atoms with van der Waals surface area (Å²) in [7, 11) is -4.05. The van der Waals surface area contributed by atoms with E-state index in [9.17, 15) is 13.2 Å². The second-order valence-electron chi connectivity index (χ2n) is 2.61. The number of nitrogens with two attached hydrogens (primary N) is 1. The third-order valence-electron chi connectivity index (χ3n) is 0.913.